The summed E-state index contributed by atoms with van der Waals surface area (Å²) in [4.78, 5) is 12.7. The van der Waals surface area contributed by atoms with E-state index in [4.69, 9.17) is 25.8 Å². The molecule has 8 nitrogen and oxygen atoms in total. The maximum Gasteiger partial charge on any atom is 0.234 e. The number of anilines is 1. The van der Waals surface area contributed by atoms with E-state index < -0.39 is 0 Å². The van der Waals surface area contributed by atoms with Crippen molar-refractivity contribution < 1.29 is 19.0 Å². The van der Waals surface area contributed by atoms with E-state index in [1.54, 1.807) is 38.5 Å². The zero-order valence-electron chi connectivity index (χ0n) is 20.4. The molecule has 0 aliphatic rings. The Morgan fingerprint density at radius 1 is 1.17 bits per heavy atom. The minimum Gasteiger partial charge on any atom is -0.497 e. The van der Waals surface area contributed by atoms with Crippen molar-refractivity contribution in [3.63, 3.8) is 0 Å². The molecule has 1 amide bonds. The number of rotatable bonds is 11. The minimum atomic E-state index is -0.383. The van der Waals surface area contributed by atoms with Crippen LogP contribution in [0.4, 0.5) is 5.69 Å². The first-order chi connectivity index (χ1) is 16.8. The number of aromatic nitrogens is 3. The fraction of sp³-hybridized carbons (Fsp3) is 0.320. The SMILES string of the molecule is C=CCn1c(SCC(=O)Nc2cc(OC)ccc2OC)nnc1C(C)Oc1cc(C)c(Cl)c(C)c1. The fourth-order valence-corrected chi connectivity index (χ4v) is 4.33. The molecule has 1 aromatic heterocycles. The zero-order valence-corrected chi connectivity index (χ0v) is 22.0. The smallest absolute Gasteiger partial charge is 0.234 e. The lowest BCUT2D eigenvalue weighted by molar-refractivity contribution is -0.113. The quantitative estimate of drug-likeness (QED) is 0.261. The summed E-state index contributed by atoms with van der Waals surface area (Å²) in [5.74, 6) is 2.40. The molecule has 2 aromatic carbocycles. The number of ether oxygens (including phenoxy) is 3. The molecule has 186 valence electrons. The topological polar surface area (TPSA) is 87.5 Å². The normalized spacial score (nSPS) is 11.6. The molecule has 0 bridgehead atoms. The molecule has 0 fully saturated rings. The van der Waals surface area contributed by atoms with Crippen LogP contribution in [-0.2, 0) is 11.3 Å². The number of halogens is 1. The molecule has 0 radical (unpaired) electrons. The van der Waals surface area contributed by atoms with Crippen molar-refractivity contribution in [1.82, 2.24) is 14.8 Å². The van der Waals surface area contributed by atoms with Crippen LogP contribution >= 0.6 is 23.4 Å². The van der Waals surface area contributed by atoms with Crippen LogP contribution in [0.3, 0.4) is 0 Å². The van der Waals surface area contributed by atoms with Gasteiger partial charge in [0, 0.05) is 17.6 Å². The zero-order chi connectivity index (χ0) is 25.5. The van der Waals surface area contributed by atoms with Crippen molar-refractivity contribution >= 4 is 35.0 Å². The number of benzene rings is 2. The number of thioether (sulfide) groups is 1. The Morgan fingerprint density at radius 3 is 2.51 bits per heavy atom. The Balaban J connectivity index is 1.72. The van der Waals surface area contributed by atoms with Crippen LogP contribution < -0.4 is 19.5 Å². The number of allylic oxidation sites excluding steroid dienone is 1. The highest BCUT2D eigenvalue weighted by Crippen LogP contribution is 2.31. The van der Waals surface area contributed by atoms with Gasteiger partial charge in [-0.15, -0.1) is 16.8 Å². The standard InChI is InChI=1S/C25H29ClN4O4S/c1-7-10-30-24(17(4)34-19-11-15(2)23(26)16(3)12-19)28-29-25(30)35-14-22(31)27-20-13-18(32-5)8-9-21(20)33-6/h7-9,11-13,17H,1,10,14H2,2-6H3,(H,27,31). The van der Waals surface area contributed by atoms with Crippen molar-refractivity contribution in [2.75, 3.05) is 25.3 Å². The molecule has 0 aliphatic heterocycles. The molecule has 1 N–H and O–H groups in total. The van der Waals surface area contributed by atoms with Gasteiger partial charge in [0.15, 0.2) is 17.1 Å². The highest BCUT2D eigenvalue weighted by Gasteiger charge is 2.20. The Bertz CT molecular complexity index is 1190. The average Bonchev–Trinajstić information content (AvgIpc) is 3.24. The number of methoxy groups -OCH3 is 2. The number of nitrogens with zero attached hydrogens (tertiary/aromatic N) is 3. The van der Waals surface area contributed by atoms with E-state index in [0.717, 1.165) is 16.1 Å². The van der Waals surface area contributed by atoms with Gasteiger partial charge in [0.05, 0.1) is 25.7 Å². The number of carbonyl (C=O) groups excluding carboxylic acids is 1. The Labute approximate surface area is 214 Å². The lowest BCUT2D eigenvalue weighted by Crippen LogP contribution is -2.16. The van der Waals surface area contributed by atoms with Gasteiger partial charge in [-0.1, -0.05) is 29.4 Å². The third-order valence-corrected chi connectivity index (χ3v) is 6.72. The van der Waals surface area contributed by atoms with E-state index in [0.29, 0.717) is 40.5 Å². The van der Waals surface area contributed by atoms with Crippen LogP contribution in [0.25, 0.3) is 0 Å². The number of hydrogen-bond donors (Lipinski definition) is 1. The molecule has 3 rings (SSSR count). The number of amides is 1. The van der Waals surface area contributed by atoms with Crippen molar-refractivity contribution in [1.29, 1.82) is 0 Å². The van der Waals surface area contributed by atoms with Gasteiger partial charge in [-0.25, -0.2) is 0 Å². The summed E-state index contributed by atoms with van der Waals surface area (Å²) >= 11 is 7.55. The highest BCUT2D eigenvalue weighted by molar-refractivity contribution is 7.99. The van der Waals surface area contributed by atoms with Gasteiger partial charge in [-0.3, -0.25) is 9.36 Å². The van der Waals surface area contributed by atoms with Crippen molar-refractivity contribution in [3.05, 3.63) is 65.0 Å². The van der Waals surface area contributed by atoms with Gasteiger partial charge in [0.25, 0.3) is 0 Å². The summed E-state index contributed by atoms with van der Waals surface area (Å²) < 4.78 is 18.6. The van der Waals surface area contributed by atoms with Crippen molar-refractivity contribution in [3.8, 4) is 17.2 Å². The third-order valence-electron chi connectivity index (χ3n) is 5.16. The molecule has 1 atom stereocenters. The Morgan fingerprint density at radius 2 is 1.89 bits per heavy atom. The first-order valence-corrected chi connectivity index (χ1v) is 12.3. The third kappa shape index (κ3) is 6.49. The summed E-state index contributed by atoms with van der Waals surface area (Å²) in [5.41, 5.74) is 2.41. The maximum atomic E-state index is 12.7. The molecule has 0 saturated heterocycles. The molecule has 0 spiro atoms. The first-order valence-electron chi connectivity index (χ1n) is 10.9. The van der Waals surface area contributed by atoms with Crippen molar-refractivity contribution in [2.45, 2.75) is 38.6 Å². The largest absolute Gasteiger partial charge is 0.497 e. The molecule has 0 saturated carbocycles. The van der Waals surface area contributed by atoms with Crippen LogP contribution in [0.2, 0.25) is 5.02 Å². The lowest BCUT2D eigenvalue weighted by atomic mass is 10.1. The second kappa shape index (κ2) is 12.0. The Kier molecular flexibility index (Phi) is 9.06. The second-order valence-electron chi connectivity index (χ2n) is 7.77. The van der Waals surface area contributed by atoms with Crippen LogP contribution in [0.5, 0.6) is 17.2 Å². The van der Waals surface area contributed by atoms with E-state index in [1.807, 2.05) is 37.5 Å². The summed E-state index contributed by atoms with van der Waals surface area (Å²) in [7, 11) is 3.11. The van der Waals surface area contributed by atoms with Gasteiger partial charge in [0.1, 0.15) is 17.2 Å². The molecular formula is C25H29ClN4O4S. The summed E-state index contributed by atoms with van der Waals surface area (Å²) in [6, 6.07) is 9.00. The maximum absolute atomic E-state index is 12.7. The molecule has 10 heteroatoms. The van der Waals surface area contributed by atoms with Crippen molar-refractivity contribution in [2.24, 2.45) is 0 Å². The lowest BCUT2D eigenvalue weighted by Gasteiger charge is -2.17. The number of nitrogens with one attached hydrogen (secondary N) is 1. The number of carbonyl (C=O) groups is 1. The Hall–Kier alpha value is -3.17. The van der Waals surface area contributed by atoms with Crippen LogP contribution in [0.1, 0.15) is 30.0 Å². The van der Waals surface area contributed by atoms with E-state index in [9.17, 15) is 4.79 Å². The molecule has 35 heavy (non-hydrogen) atoms. The van der Waals surface area contributed by atoms with E-state index >= 15 is 0 Å². The van der Waals surface area contributed by atoms with Gasteiger partial charge < -0.3 is 19.5 Å². The monoisotopic (exact) mass is 516 g/mol. The van der Waals surface area contributed by atoms with Gasteiger partial charge in [0.2, 0.25) is 5.91 Å². The second-order valence-corrected chi connectivity index (χ2v) is 9.09. The summed E-state index contributed by atoms with van der Waals surface area (Å²) in [5, 5.41) is 12.8. The predicted molar refractivity (Wildman–Crippen MR) is 139 cm³/mol. The molecule has 3 aromatic rings. The summed E-state index contributed by atoms with van der Waals surface area (Å²) in [6.07, 6.45) is 1.37. The molecule has 0 aliphatic carbocycles. The van der Waals surface area contributed by atoms with E-state index in [1.165, 1.54) is 11.8 Å². The average molecular weight is 517 g/mol. The number of hydrogen-bond acceptors (Lipinski definition) is 7. The fourth-order valence-electron chi connectivity index (χ4n) is 3.47. The van der Waals surface area contributed by atoms with E-state index in [-0.39, 0.29) is 17.8 Å². The predicted octanol–water partition coefficient (Wildman–Crippen LogP) is 5.62. The van der Waals surface area contributed by atoms with Crippen LogP contribution in [0, 0.1) is 13.8 Å². The number of aryl methyl sites for hydroxylation is 2. The van der Waals surface area contributed by atoms with Crippen LogP contribution in [-0.4, -0.2) is 40.6 Å². The minimum absolute atomic E-state index is 0.125. The van der Waals surface area contributed by atoms with Gasteiger partial charge in [-0.05, 0) is 56.2 Å². The summed E-state index contributed by atoms with van der Waals surface area (Å²) in [6.45, 7) is 10.1. The van der Waals surface area contributed by atoms with E-state index in [2.05, 4.69) is 22.1 Å². The highest BCUT2D eigenvalue weighted by atomic mass is 35.5. The molecule has 1 unspecified atom stereocenters. The van der Waals surface area contributed by atoms with Crippen LogP contribution in [0.15, 0.2) is 48.1 Å². The van der Waals surface area contributed by atoms with Gasteiger partial charge >= 0.3 is 0 Å². The molecule has 1 heterocycles. The van der Waals surface area contributed by atoms with Gasteiger partial charge in [-0.2, -0.15) is 0 Å². The first kappa shape index (κ1) is 26.4. The molecular weight excluding hydrogens is 488 g/mol.